The van der Waals surface area contributed by atoms with Gasteiger partial charge in [-0.05, 0) is 6.42 Å². The van der Waals surface area contributed by atoms with E-state index in [4.69, 9.17) is 15.9 Å². The van der Waals surface area contributed by atoms with Crippen LogP contribution in [-0.2, 0) is 0 Å². The molecule has 68 valence electrons. The molecular formula is C5H13ClN2O3. The van der Waals surface area contributed by atoms with Crippen molar-refractivity contribution in [2.45, 2.75) is 12.5 Å². The van der Waals surface area contributed by atoms with E-state index in [1.165, 1.54) is 0 Å². The minimum atomic E-state index is -1.06. The van der Waals surface area contributed by atoms with Gasteiger partial charge in [0.1, 0.15) is 0 Å². The molecule has 0 radical (unpaired) electrons. The molecule has 0 bridgehead atoms. The van der Waals surface area contributed by atoms with Crippen LogP contribution in [0.5, 0.6) is 0 Å². The average molecular weight is 185 g/mol. The molecule has 0 saturated heterocycles. The first kappa shape index (κ1) is 13.1. The quantitative estimate of drug-likeness (QED) is 0.469. The fourth-order valence-electron chi connectivity index (χ4n) is 0.456. The van der Waals surface area contributed by atoms with Gasteiger partial charge in [0.05, 0.1) is 6.61 Å². The maximum absolute atomic E-state index is 9.85. The van der Waals surface area contributed by atoms with E-state index in [0.717, 1.165) is 0 Å². The molecule has 0 aromatic carbocycles. The van der Waals surface area contributed by atoms with Gasteiger partial charge in [-0.15, -0.1) is 12.4 Å². The van der Waals surface area contributed by atoms with Crippen LogP contribution in [0.1, 0.15) is 6.42 Å². The van der Waals surface area contributed by atoms with Crippen LogP contribution in [0.25, 0.3) is 0 Å². The maximum Gasteiger partial charge on any atom is 0.404 e. The van der Waals surface area contributed by atoms with Crippen molar-refractivity contribution >= 4 is 18.5 Å². The smallest absolute Gasteiger partial charge is 0.404 e. The Morgan fingerprint density at radius 2 is 2.18 bits per heavy atom. The zero-order valence-corrected chi connectivity index (χ0v) is 6.80. The molecule has 0 unspecified atom stereocenters. The average Bonchev–Trinajstić information content (AvgIpc) is 1.87. The predicted molar refractivity (Wildman–Crippen MR) is 43.0 cm³/mol. The number of hydrogen-bond acceptors (Lipinski definition) is 3. The Bertz CT molecular complexity index is 112. The summed E-state index contributed by atoms with van der Waals surface area (Å²) < 4.78 is 0. The minimum absolute atomic E-state index is 0. The van der Waals surface area contributed by atoms with Crippen molar-refractivity contribution in [3.05, 3.63) is 0 Å². The van der Waals surface area contributed by atoms with Crippen molar-refractivity contribution in [3.8, 4) is 0 Å². The number of amides is 1. The lowest BCUT2D eigenvalue weighted by molar-refractivity contribution is 0.193. The molecule has 5 nitrogen and oxygen atoms in total. The van der Waals surface area contributed by atoms with Gasteiger partial charge in [0.25, 0.3) is 0 Å². The van der Waals surface area contributed by atoms with Crippen molar-refractivity contribution < 1.29 is 15.0 Å². The Hall–Kier alpha value is -0.520. The molecule has 0 aliphatic carbocycles. The van der Waals surface area contributed by atoms with Crippen LogP contribution in [0, 0.1) is 0 Å². The molecular weight excluding hydrogens is 172 g/mol. The number of rotatable bonds is 4. The largest absolute Gasteiger partial charge is 0.465 e. The van der Waals surface area contributed by atoms with E-state index in [0.29, 0.717) is 6.42 Å². The van der Waals surface area contributed by atoms with Gasteiger partial charge < -0.3 is 21.3 Å². The van der Waals surface area contributed by atoms with Gasteiger partial charge >= 0.3 is 6.09 Å². The number of carboxylic acid groups (broad SMARTS) is 1. The van der Waals surface area contributed by atoms with Gasteiger partial charge in [0.2, 0.25) is 0 Å². The van der Waals surface area contributed by atoms with Crippen molar-refractivity contribution in [1.29, 1.82) is 0 Å². The molecule has 0 aromatic heterocycles. The lowest BCUT2D eigenvalue weighted by Gasteiger charge is -2.06. The number of halogens is 1. The molecule has 1 amide bonds. The molecule has 0 heterocycles. The van der Waals surface area contributed by atoms with Crippen LogP contribution in [0.3, 0.4) is 0 Å². The summed E-state index contributed by atoms with van der Waals surface area (Å²) in [5.41, 5.74) is 5.28. The van der Waals surface area contributed by atoms with Gasteiger partial charge in [-0.2, -0.15) is 0 Å². The van der Waals surface area contributed by atoms with Crippen molar-refractivity contribution in [1.82, 2.24) is 5.32 Å². The van der Waals surface area contributed by atoms with Crippen LogP contribution in [0.15, 0.2) is 0 Å². The van der Waals surface area contributed by atoms with Crippen molar-refractivity contribution in [3.63, 3.8) is 0 Å². The highest BCUT2D eigenvalue weighted by Crippen LogP contribution is 1.82. The second-order valence-electron chi connectivity index (χ2n) is 1.96. The molecule has 5 N–H and O–H groups in total. The number of nitrogens with two attached hydrogens (primary N) is 1. The summed E-state index contributed by atoms with van der Waals surface area (Å²) >= 11 is 0. The highest BCUT2D eigenvalue weighted by atomic mass is 35.5. The second kappa shape index (κ2) is 7.59. The molecule has 11 heavy (non-hydrogen) atoms. The normalized spacial score (nSPS) is 11.5. The van der Waals surface area contributed by atoms with E-state index in [9.17, 15) is 4.79 Å². The number of aliphatic hydroxyl groups excluding tert-OH is 1. The highest BCUT2D eigenvalue weighted by Gasteiger charge is 1.99. The van der Waals surface area contributed by atoms with E-state index >= 15 is 0 Å². The first-order valence-corrected chi connectivity index (χ1v) is 3.00. The first-order valence-electron chi connectivity index (χ1n) is 3.00. The summed E-state index contributed by atoms with van der Waals surface area (Å²) in [5.74, 6) is 0. The zero-order valence-electron chi connectivity index (χ0n) is 5.99. The Kier molecular flexibility index (Phi) is 9.03. The van der Waals surface area contributed by atoms with Gasteiger partial charge in [-0.3, -0.25) is 0 Å². The molecule has 0 aromatic rings. The fourth-order valence-corrected chi connectivity index (χ4v) is 0.456. The lowest BCUT2D eigenvalue weighted by atomic mass is 10.2. The monoisotopic (exact) mass is 184 g/mol. The summed E-state index contributed by atoms with van der Waals surface area (Å²) in [6.45, 7) is 0.179. The van der Waals surface area contributed by atoms with E-state index in [1.54, 1.807) is 0 Å². The van der Waals surface area contributed by atoms with E-state index in [1.807, 2.05) is 0 Å². The van der Waals surface area contributed by atoms with Gasteiger partial charge in [0.15, 0.2) is 0 Å². The summed E-state index contributed by atoms with van der Waals surface area (Å²) in [5, 5.41) is 18.6. The van der Waals surface area contributed by atoms with Crippen molar-refractivity contribution in [2.24, 2.45) is 5.73 Å². The summed E-state index contributed by atoms with van der Waals surface area (Å²) in [6.07, 6.45) is -0.604. The van der Waals surface area contributed by atoms with Gasteiger partial charge in [-0.25, -0.2) is 4.79 Å². The molecule has 0 fully saturated rings. The number of nitrogens with one attached hydrogen (secondary N) is 1. The zero-order chi connectivity index (χ0) is 7.98. The third kappa shape index (κ3) is 9.48. The summed E-state index contributed by atoms with van der Waals surface area (Å²) in [6, 6.07) is -0.327. The second-order valence-corrected chi connectivity index (χ2v) is 1.96. The lowest BCUT2D eigenvalue weighted by Crippen LogP contribution is -2.31. The Morgan fingerprint density at radius 1 is 1.64 bits per heavy atom. The molecule has 0 saturated carbocycles. The SMILES string of the molecule is Cl.N[C@H](CO)CCNC(=O)O. The molecule has 0 rings (SSSR count). The molecule has 6 heteroatoms. The number of carbonyl (C=O) groups is 1. The van der Waals surface area contributed by atoms with E-state index in [2.05, 4.69) is 5.32 Å². The maximum atomic E-state index is 9.85. The number of aliphatic hydroxyl groups is 1. The molecule has 0 spiro atoms. The van der Waals surface area contributed by atoms with Crippen molar-refractivity contribution in [2.75, 3.05) is 13.2 Å². The Morgan fingerprint density at radius 3 is 2.55 bits per heavy atom. The summed E-state index contributed by atoms with van der Waals surface area (Å²) in [4.78, 5) is 9.85. The van der Waals surface area contributed by atoms with E-state index < -0.39 is 6.09 Å². The molecule has 0 aliphatic heterocycles. The third-order valence-electron chi connectivity index (χ3n) is 1.03. The predicted octanol–water partition coefficient (Wildman–Crippen LogP) is -0.615. The van der Waals surface area contributed by atoms with E-state index in [-0.39, 0.29) is 31.6 Å². The standard InChI is InChI=1S/C5H12N2O3.ClH/c6-4(3-8)1-2-7-5(9)10;/h4,7-8H,1-3,6H2,(H,9,10);1H/t4-;/m0./s1. The Labute approximate surface area is 71.0 Å². The minimum Gasteiger partial charge on any atom is -0.465 e. The first-order chi connectivity index (χ1) is 4.66. The Balaban J connectivity index is 0. The van der Waals surface area contributed by atoms with Crippen LogP contribution in [0.4, 0.5) is 4.79 Å². The third-order valence-corrected chi connectivity index (χ3v) is 1.03. The van der Waals surface area contributed by atoms with Crippen LogP contribution in [-0.4, -0.2) is 35.5 Å². The topological polar surface area (TPSA) is 95.6 Å². The van der Waals surface area contributed by atoms with Crippen LogP contribution < -0.4 is 11.1 Å². The molecule has 1 atom stereocenters. The summed E-state index contributed by atoms with van der Waals surface area (Å²) in [7, 11) is 0. The fraction of sp³-hybridized carbons (Fsp3) is 0.800. The van der Waals surface area contributed by atoms with Crippen LogP contribution in [0.2, 0.25) is 0 Å². The highest BCUT2D eigenvalue weighted by molar-refractivity contribution is 5.85. The number of hydrogen-bond donors (Lipinski definition) is 4. The van der Waals surface area contributed by atoms with Gasteiger partial charge in [-0.1, -0.05) is 0 Å². The molecule has 0 aliphatic rings. The van der Waals surface area contributed by atoms with Crippen LogP contribution >= 0.6 is 12.4 Å². The van der Waals surface area contributed by atoms with Gasteiger partial charge in [0, 0.05) is 12.6 Å².